The molecule has 0 unspecified atom stereocenters. The van der Waals surface area contributed by atoms with E-state index in [4.69, 9.17) is 5.10 Å². The fraction of sp³-hybridized carbons (Fsp3) is 0.273. The van der Waals surface area contributed by atoms with Crippen molar-refractivity contribution in [2.24, 2.45) is 7.05 Å². The number of fused-ring (bicyclic) bond motifs is 1. The summed E-state index contributed by atoms with van der Waals surface area (Å²) >= 11 is 0. The molecule has 1 aromatic heterocycles. The molecule has 0 saturated heterocycles. The third kappa shape index (κ3) is 3.10. The molecule has 0 atom stereocenters. The quantitative estimate of drug-likeness (QED) is 0.762. The topological polar surface area (TPSA) is 58.4 Å². The molecule has 5 nitrogen and oxygen atoms in total. The number of phenols is 1. The summed E-state index contributed by atoms with van der Waals surface area (Å²) in [6, 6.07) is 15.3. The molecule has 0 fully saturated rings. The van der Waals surface area contributed by atoms with Gasteiger partial charge in [-0.15, -0.1) is 0 Å². The highest BCUT2D eigenvalue weighted by Gasteiger charge is 2.26. The van der Waals surface area contributed by atoms with Crippen molar-refractivity contribution in [2.45, 2.75) is 19.8 Å². The zero-order valence-electron chi connectivity index (χ0n) is 15.6. The predicted octanol–water partition coefficient (Wildman–Crippen LogP) is 3.34. The molecule has 4 rings (SSSR count). The van der Waals surface area contributed by atoms with Crippen molar-refractivity contribution in [1.82, 2.24) is 14.7 Å². The van der Waals surface area contributed by atoms with Crippen LogP contribution in [0.4, 0.5) is 0 Å². The molecule has 0 spiro atoms. The van der Waals surface area contributed by atoms with Gasteiger partial charge in [-0.2, -0.15) is 5.10 Å². The molecule has 1 aliphatic rings. The van der Waals surface area contributed by atoms with E-state index in [-0.39, 0.29) is 11.7 Å². The summed E-state index contributed by atoms with van der Waals surface area (Å²) in [7, 11) is 1.97. The van der Waals surface area contributed by atoms with Crippen molar-refractivity contribution in [2.75, 3.05) is 13.1 Å². The van der Waals surface area contributed by atoms with Gasteiger partial charge in [0.25, 0.3) is 5.91 Å². The van der Waals surface area contributed by atoms with Crippen molar-refractivity contribution < 1.29 is 9.90 Å². The Morgan fingerprint density at radius 1 is 1.04 bits per heavy atom. The van der Waals surface area contributed by atoms with E-state index in [1.807, 2.05) is 34.8 Å². The van der Waals surface area contributed by atoms with Gasteiger partial charge in [-0.05, 0) is 25.5 Å². The molecule has 1 amide bonds. The lowest BCUT2D eigenvalue weighted by Crippen LogP contribution is -2.34. The van der Waals surface area contributed by atoms with Gasteiger partial charge in [0.15, 0.2) is 0 Å². The molecular weight excluding hydrogens is 338 g/mol. The number of carbonyl (C=O) groups excluding carboxylic acids is 1. The van der Waals surface area contributed by atoms with Crippen LogP contribution in [0.5, 0.6) is 5.75 Å². The number of benzene rings is 2. The first-order valence-corrected chi connectivity index (χ1v) is 9.24. The van der Waals surface area contributed by atoms with Crippen LogP contribution in [0.2, 0.25) is 0 Å². The lowest BCUT2D eigenvalue weighted by Gasteiger charge is -2.21. The Morgan fingerprint density at radius 2 is 1.78 bits per heavy atom. The van der Waals surface area contributed by atoms with Crippen LogP contribution in [0.3, 0.4) is 0 Å². The summed E-state index contributed by atoms with van der Waals surface area (Å²) < 4.78 is 1.95. The van der Waals surface area contributed by atoms with Crippen LogP contribution in [0.25, 0.3) is 11.3 Å². The van der Waals surface area contributed by atoms with Crippen molar-refractivity contribution in [1.29, 1.82) is 0 Å². The Balaban J connectivity index is 1.62. The maximum Gasteiger partial charge on any atom is 0.254 e. The van der Waals surface area contributed by atoms with Crippen molar-refractivity contribution >= 4 is 5.91 Å². The van der Waals surface area contributed by atoms with Gasteiger partial charge in [-0.3, -0.25) is 9.48 Å². The number of hydrogen-bond donors (Lipinski definition) is 1. The SMILES string of the molecule is Cc1c(O)cccc1C(=O)N1CCc2c(-c3ccccc3)nn(C)c2CC1. The van der Waals surface area contributed by atoms with Gasteiger partial charge in [-0.25, -0.2) is 0 Å². The first-order chi connectivity index (χ1) is 13.1. The first-order valence-electron chi connectivity index (χ1n) is 9.24. The average Bonchev–Trinajstić information content (AvgIpc) is 2.86. The van der Waals surface area contributed by atoms with E-state index in [2.05, 4.69) is 12.1 Å². The largest absolute Gasteiger partial charge is 0.508 e. The molecule has 0 saturated carbocycles. The standard InChI is InChI=1S/C22H23N3O2/c1-15-17(9-6-10-20(15)26)22(27)25-13-11-18-19(12-14-25)24(2)23-21(18)16-7-4-3-5-8-16/h3-10,26H,11-14H2,1-2H3. The molecule has 0 radical (unpaired) electrons. The lowest BCUT2D eigenvalue weighted by molar-refractivity contribution is 0.0761. The van der Waals surface area contributed by atoms with Crippen LogP contribution in [0.15, 0.2) is 48.5 Å². The molecule has 1 aliphatic heterocycles. The highest BCUT2D eigenvalue weighted by Crippen LogP contribution is 2.29. The highest BCUT2D eigenvalue weighted by atomic mass is 16.3. The Morgan fingerprint density at radius 3 is 2.56 bits per heavy atom. The number of phenolic OH excluding ortho intramolecular Hbond substituents is 1. The summed E-state index contributed by atoms with van der Waals surface area (Å²) in [6.45, 7) is 3.08. The second kappa shape index (κ2) is 6.91. The van der Waals surface area contributed by atoms with Crippen molar-refractivity contribution in [3.05, 3.63) is 70.9 Å². The summed E-state index contributed by atoms with van der Waals surface area (Å²) in [4.78, 5) is 14.9. The normalized spacial score (nSPS) is 13.9. The van der Waals surface area contributed by atoms with Crippen molar-refractivity contribution in [3.63, 3.8) is 0 Å². The Bertz CT molecular complexity index is 992. The zero-order chi connectivity index (χ0) is 19.0. The first kappa shape index (κ1) is 17.3. The van der Waals surface area contributed by atoms with E-state index in [9.17, 15) is 9.90 Å². The zero-order valence-corrected chi connectivity index (χ0v) is 15.6. The monoisotopic (exact) mass is 361 g/mol. The summed E-state index contributed by atoms with van der Waals surface area (Å²) in [5, 5.41) is 14.7. The van der Waals surface area contributed by atoms with E-state index in [1.165, 1.54) is 11.3 Å². The highest BCUT2D eigenvalue weighted by molar-refractivity contribution is 5.96. The second-order valence-electron chi connectivity index (χ2n) is 7.01. The summed E-state index contributed by atoms with van der Waals surface area (Å²) in [6.07, 6.45) is 1.55. The number of rotatable bonds is 2. The van der Waals surface area contributed by atoms with Gasteiger partial charge in [0.1, 0.15) is 5.75 Å². The van der Waals surface area contributed by atoms with Crippen LogP contribution in [-0.4, -0.2) is 38.8 Å². The van der Waals surface area contributed by atoms with Crippen LogP contribution < -0.4 is 0 Å². The van der Waals surface area contributed by atoms with E-state index < -0.39 is 0 Å². The van der Waals surface area contributed by atoms with Crippen LogP contribution in [0, 0.1) is 6.92 Å². The van der Waals surface area contributed by atoms with Crippen molar-refractivity contribution in [3.8, 4) is 17.0 Å². The van der Waals surface area contributed by atoms with E-state index in [0.29, 0.717) is 24.2 Å². The third-order valence-electron chi connectivity index (χ3n) is 5.40. The number of aryl methyl sites for hydroxylation is 1. The van der Waals surface area contributed by atoms with Crippen LogP contribution >= 0.6 is 0 Å². The fourth-order valence-electron chi connectivity index (χ4n) is 3.83. The number of hydrogen-bond acceptors (Lipinski definition) is 3. The van der Waals surface area contributed by atoms with Crippen LogP contribution in [-0.2, 0) is 19.9 Å². The molecule has 0 bridgehead atoms. The second-order valence-corrected chi connectivity index (χ2v) is 7.01. The fourth-order valence-corrected chi connectivity index (χ4v) is 3.83. The number of amides is 1. The third-order valence-corrected chi connectivity index (χ3v) is 5.40. The van der Waals surface area contributed by atoms with Gasteiger partial charge in [0, 0.05) is 54.5 Å². The van der Waals surface area contributed by atoms with Gasteiger partial charge in [-0.1, -0.05) is 36.4 Å². The molecule has 2 heterocycles. The molecule has 27 heavy (non-hydrogen) atoms. The van der Waals surface area contributed by atoms with Gasteiger partial charge < -0.3 is 10.0 Å². The maximum absolute atomic E-state index is 13.0. The minimum Gasteiger partial charge on any atom is -0.508 e. The minimum atomic E-state index is -0.0228. The Kier molecular flexibility index (Phi) is 4.44. The van der Waals surface area contributed by atoms with E-state index in [1.54, 1.807) is 25.1 Å². The molecular formula is C22H23N3O2. The van der Waals surface area contributed by atoms with E-state index >= 15 is 0 Å². The average molecular weight is 361 g/mol. The smallest absolute Gasteiger partial charge is 0.254 e. The minimum absolute atomic E-state index is 0.0228. The maximum atomic E-state index is 13.0. The number of nitrogens with zero attached hydrogens (tertiary/aromatic N) is 3. The molecule has 138 valence electrons. The summed E-state index contributed by atoms with van der Waals surface area (Å²) in [5.74, 6) is 0.139. The van der Waals surface area contributed by atoms with Gasteiger partial charge in [0.2, 0.25) is 0 Å². The predicted molar refractivity (Wildman–Crippen MR) is 105 cm³/mol. The number of carbonyl (C=O) groups is 1. The molecule has 0 aliphatic carbocycles. The van der Waals surface area contributed by atoms with Crippen LogP contribution in [0.1, 0.15) is 27.2 Å². The molecule has 5 heteroatoms. The number of aromatic hydroxyl groups is 1. The molecule has 2 aromatic carbocycles. The Hall–Kier alpha value is -3.08. The van der Waals surface area contributed by atoms with Gasteiger partial charge in [0.05, 0.1) is 5.69 Å². The Labute approximate surface area is 158 Å². The van der Waals surface area contributed by atoms with Gasteiger partial charge >= 0.3 is 0 Å². The number of aromatic nitrogens is 2. The molecule has 1 N–H and O–H groups in total. The lowest BCUT2D eigenvalue weighted by atomic mass is 10.0. The summed E-state index contributed by atoms with van der Waals surface area (Å²) in [5.41, 5.74) is 5.75. The van der Waals surface area contributed by atoms with E-state index in [0.717, 1.165) is 24.1 Å². The molecule has 3 aromatic rings.